The Balaban J connectivity index is 2.97. The molecule has 0 atom stereocenters. The van der Waals surface area contributed by atoms with Gasteiger partial charge in [-0.2, -0.15) is 0 Å². The average Bonchev–Trinajstić information content (AvgIpc) is 1.83. The zero-order chi connectivity index (χ0) is 6.41. The smallest absolute Gasteiger partial charge is 0.0941 e. The van der Waals surface area contributed by atoms with Gasteiger partial charge >= 0.3 is 0 Å². The van der Waals surface area contributed by atoms with Crippen LogP contribution in [0.15, 0.2) is 12.7 Å². The summed E-state index contributed by atoms with van der Waals surface area (Å²) < 4.78 is 5.14. The zero-order valence-corrected chi connectivity index (χ0v) is 5.61. The van der Waals surface area contributed by atoms with Gasteiger partial charge in [0.05, 0.1) is 12.7 Å². The predicted molar refractivity (Wildman–Crippen MR) is 35.4 cm³/mol. The van der Waals surface area contributed by atoms with E-state index in [1.165, 1.54) is 0 Å². The summed E-state index contributed by atoms with van der Waals surface area (Å²) in [5, 5.41) is 0. The predicted octanol–water partition coefficient (Wildman–Crippen LogP) is 2.15. The van der Waals surface area contributed by atoms with Crippen molar-refractivity contribution in [1.82, 2.24) is 0 Å². The van der Waals surface area contributed by atoms with Crippen LogP contribution < -0.4 is 0 Å². The van der Waals surface area contributed by atoms with Crippen molar-refractivity contribution in [3.63, 3.8) is 0 Å². The minimum atomic E-state index is 0.639. The molecule has 0 rings (SSSR count). The van der Waals surface area contributed by atoms with E-state index < -0.39 is 0 Å². The van der Waals surface area contributed by atoms with Crippen LogP contribution in [0.5, 0.6) is 0 Å². The van der Waals surface area contributed by atoms with E-state index >= 15 is 0 Å². The lowest BCUT2D eigenvalue weighted by atomic mass is 10.3. The van der Waals surface area contributed by atoms with E-state index in [4.69, 9.17) is 4.74 Å². The first-order valence-corrected chi connectivity index (χ1v) is 2.87. The Morgan fingerprint density at radius 1 is 1.75 bits per heavy atom. The molecule has 0 aliphatic heterocycles. The molecule has 0 heterocycles. The molecule has 47 valence electrons. The van der Waals surface area contributed by atoms with Crippen molar-refractivity contribution in [2.24, 2.45) is 0 Å². The molecule has 1 heteroatoms. The fourth-order valence-corrected chi connectivity index (χ4v) is 0.303. The van der Waals surface area contributed by atoms with Crippen LogP contribution in [0, 0.1) is 6.10 Å². The molecule has 0 N–H and O–H groups in total. The molecular formula is C7H13O. The van der Waals surface area contributed by atoms with Gasteiger partial charge in [-0.3, -0.25) is 0 Å². The van der Waals surface area contributed by atoms with Gasteiger partial charge in [0.2, 0.25) is 0 Å². The fraction of sp³-hybridized carbons (Fsp3) is 0.571. The Kier molecular flexibility index (Phi) is 4.67. The van der Waals surface area contributed by atoms with E-state index in [0.717, 1.165) is 12.5 Å². The second-order valence-corrected chi connectivity index (χ2v) is 1.66. The molecule has 0 aliphatic carbocycles. The minimum Gasteiger partial charge on any atom is -0.368 e. The highest BCUT2D eigenvalue weighted by atomic mass is 16.5. The highest BCUT2D eigenvalue weighted by Gasteiger charge is 1.94. The van der Waals surface area contributed by atoms with E-state index in [9.17, 15) is 0 Å². The molecule has 1 nitrogen and oxygen atoms in total. The van der Waals surface area contributed by atoms with Gasteiger partial charge in [0.1, 0.15) is 0 Å². The molecular weight excluding hydrogens is 100 g/mol. The van der Waals surface area contributed by atoms with Crippen molar-refractivity contribution in [3.8, 4) is 0 Å². The van der Waals surface area contributed by atoms with Gasteiger partial charge in [0.15, 0.2) is 0 Å². The molecule has 0 aromatic heterocycles. The van der Waals surface area contributed by atoms with Gasteiger partial charge in [0.25, 0.3) is 0 Å². The van der Waals surface area contributed by atoms with E-state index in [2.05, 4.69) is 13.5 Å². The van der Waals surface area contributed by atoms with E-state index in [0.29, 0.717) is 6.61 Å². The molecule has 0 spiro atoms. The standard InChI is InChI=1S/C7H13O/c1-4-6-8-7(3)5-2/h4H,1,5-6H2,2-3H3. The molecule has 0 aliphatic rings. The Morgan fingerprint density at radius 2 is 2.38 bits per heavy atom. The first kappa shape index (κ1) is 7.70. The van der Waals surface area contributed by atoms with E-state index in [1.807, 2.05) is 6.92 Å². The van der Waals surface area contributed by atoms with Crippen LogP contribution in [0.4, 0.5) is 0 Å². The molecule has 8 heavy (non-hydrogen) atoms. The van der Waals surface area contributed by atoms with Crippen LogP contribution in [-0.4, -0.2) is 6.61 Å². The molecule has 0 bridgehead atoms. The van der Waals surface area contributed by atoms with Crippen molar-refractivity contribution in [2.45, 2.75) is 20.3 Å². The first-order chi connectivity index (χ1) is 3.81. The highest BCUT2D eigenvalue weighted by molar-refractivity contribution is 4.72. The fourth-order valence-electron chi connectivity index (χ4n) is 0.303. The second-order valence-electron chi connectivity index (χ2n) is 1.66. The largest absolute Gasteiger partial charge is 0.368 e. The Labute approximate surface area is 51.4 Å². The summed E-state index contributed by atoms with van der Waals surface area (Å²) in [6, 6.07) is 0. The third-order valence-electron chi connectivity index (χ3n) is 0.945. The summed E-state index contributed by atoms with van der Waals surface area (Å²) in [6.07, 6.45) is 3.82. The molecule has 0 fully saturated rings. The van der Waals surface area contributed by atoms with Crippen molar-refractivity contribution in [3.05, 3.63) is 18.8 Å². The van der Waals surface area contributed by atoms with Crippen molar-refractivity contribution in [1.29, 1.82) is 0 Å². The average molecular weight is 113 g/mol. The molecule has 0 aromatic rings. The SMILES string of the molecule is C=CCO[C](C)CC. The van der Waals surface area contributed by atoms with Crippen molar-refractivity contribution >= 4 is 0 Å². The second kappa shape index (κ2) is 4.85. The van der Waals surface area contributed by atoms with Gasteiger partial charge < -0.3 is 4.74 Å². The summed E-state index contributed by atoms with van der Waals surface area (Å²) in [5.74, 6) is 0. The maximum absolute atomic E-state index is 5.14. The van der Waals surface area contributed by atoms with E-state index in [1.54, 1.807) is 6.08 Å². The number of hydrogen-bond donors (Lipinski definition) is 0. The molecule has 1 radical (unpaired) electrons. The van der Waals surface area contributed by atoms with Crippen molar-refractivity contribution < 1.29 is 4.74 Å². The topological polar surface area (TPSA) is 9.23 Å². The van der Waals surface area contributed by atoms with Crippen LogP contribution in [0.25, 0.3) is 0 Å². The maximum atomic E-state index is 5.14. The summed E-state index contributed by atoms with van der Waals surface area (Å²) in [5.41, 5.74) is 0. The zero-order valence-electron chi connectivity index (χ0n) is 5.61. The molecule has 0 amide bonds. The third kappa shape index (κ3) is 3.88. The minimum absolute atomic E-state index is 0.639. The quantitative estimate of drug-likeness (QED) is 0.507. The van der Waals surface area contributed by atoms with Crippen LogP contribution in [0.1, 0.15) is 20.3 Å². The monoisotopic (exact) mass is 113 g/mol. The van der Waals surface area contributed by atoms with Gasteiger partial charge in [-0.1, -0.05) is 13.0 Å². The summed E-state index contributed by atoms with van der Waals surface area (Å²) in [6.45, 7) is 8.21. The van der Waals surface area contributed by atoms with Gasteiger partial charge in [-0.25, -0.2) is 0 Å². The Hall–Kier alpha value is -0.300. The molecule has 0 saturated carbocycles. The first-order valence-electron chi connectivity index (χ1n) is 2.87. The van der Waals surface area contributed by atoms with Crippen LogP contribution in [0.3, 0.4) is 0 Å². The number of ether oxygens (including phenoxy) is 1. The lowest BCUT2D eigenvalue weighted by Gasteiger charge is -2.04. The van der Waals surface area contributed by atoms with Crippen LogP contribution in [-0.2, 0) is 4.74 Å². The van der Waals surface area contributed by atoms with Crippen LogP contribution in [0.2, 0.25) is 0 Å². The molecule has 0 aromatic carbocycles. The number of rotatable bonds is 4. The van der Waals surface area contributed by atoms with Crippen LogP contribution >= 0.6 is 0 Å². The highest BCUT2D eigenvalue weighted by Crippen LogP contribution is 2.03. The lowest BCUT2D eigenvalue weighted by molar-refractivity contribution is 0.172. The Bertz CT molecular complexity index is 59.4. The van der Waals surface area contributed by atoms with Gasteiger partial charge in [-0.15, -0.1) is 6.58 Å². The Morgan fingerprint density at radius 3 is 2.75 bits per heavy atom. The maximum Gasteiger partial charge on any atom is 0.0941 e. The molecule has 0 unspecified atom stereocenters. The van der Waals surface area contributed by atoms with Gasteiger partial charge in [0, 0.05) is 0 Å². The van der Waals surface area contributed by atoms with E-state index in [-0.39, 0.29) is 0 Å². The summed E-state index contributed by atoms with van der Waals surface area (Å²) in [7, 11) is 0. The van der Waals surface area contributed by atoms with Gasteiger partial charge in [-0.05, 0) is 13.3 Å². The normalized spacial score (nSPS) is 9.88. The molecule has 0 saturated heterocycles. The number of hydrogen-bond acceptors (Lipinski definition) is 1. The lowest BCUT2D eigenvalue weighted by Crippen LogP contribution is -1.95. The summed E-state index contributed by atoms with van der Waals surface area (Å²) >= 11 is 0. The van der Waals surface area contributed by atoms with Crippen molar-refractivity contribution in [2.75, 3.05) is 6.61 Å². The summed E-state index contributed by atoms with van der Waals surface area (Å²) in [4.78, 5) is 0. The third-order valence-corrected chi connectivity index (χ3v) is 0.945.